The lowest BCUT2D eigenvalue weighted by molar-refractivity contribution is -0.126. The highest BCUT2D eigenvalue weighted by molar-refractivity contribution is 6.31. The first kappa shape index (κ1) is 23.5. The number of halogens is 1. The van der Waals surface area contributed by atoms with Gasteiger partial charge in [-0.05, 0) is 49.2 Å². The van der Waals surface area contributed by atoms with Crippen LogP contribution < -0.4 is 10.1 Å². The third kappa shape index (κ3) is 8.15. The van der Waals surface area contributed by atoms with Gasteiger partial charge >= 0.3 is 0 Å². The summed E-state index contributed by atoms with van der Waals surface area (Å²) in [5.74, 6) is 0.638. The first-order chi connectivity index (χ1) is 15.1. The Morgan fingerprint density at radius 3 is 2.81 bits per heavy atom. The van der Waals surface area contributed by atoms with Crippen molar-refractivity contribution < 1.29 is 19.0 Å². The summed E-state index contributed by atoms with van der Waals surface area (Å²) >= 11 is 6.09. The lowest BCUT2D eigenvalue weighted by atomic mass is 10.1. The minimum atomic E-state index is -0.170. The summed E-state index contributed by atoms with van der Waals surface area (Å²) in [7, 11) is 2.14. The molecule has 1 aliphatic heterocycles. The van der Waals surface area contributed by atoms with E-state index in [0.717, 1.165) is 49.5 Å². The predicted molar refractivity (Wildman–Crippen MR) is 121 cm³/mol. The Kier molecular flexibility index (Phi) is 9.62. The van der Waals surface area contributed by atoms with E-state index in [1.165, 1.54) is 0 Å². The molecule has 2 aromatic carbocycles. The molecule has 1 aliphatic rings. The first-order valence-corrected chi connectivity index (χ1v) is 11.1. The Hall–Kier alpha value is -2.12. The van der Waals surface area contributed by atoms with E-state index in [1.807, 2.05) is 42.5 Å². The molecule has 0 bridgehead atoms. The zero-order valence-electron chi connectivity index (χ0n) is 18.0. The molecule has 168 valence electrons. The molecular formula is C24H31ClN2O4. The Morgan fingerprint density at radius 2 is 2.00 bits per heavy atom. The van der Waals surface area contributed by atoms with Gasteiger partial charge in [0.15, 0.2) is 0 Å². The molecule has 6 nitrogen and oxygen atoms in total. The molecule has 0 unspecified atom stereocenters. The third-order valence-corrected chi connectivity index (χ3v) is 5.73. The van der Waals surface area contributed by atoms with Gasteiger partial charge in [-0.15, -0.1) is 0 Å². The highest BCUT2D eigenvalue weighted by Gasteiger charge is 2.18. The van der Waals surface area contributed by atoms with Crippen LogP contribution in [-0.4, -0.2) is 56.9 Å². The number of rotatable bonds is 11. The maximum atomic E-state index is 12.1. The second-order valence-corrected chi connectivity index (χ2v) is 8.09. The number of nitrogens with one attached hydrogen (secondary N) is 1. The van der Waals surface area contributed by atoms with Crippen molar-refractivity contribution in [3.63, 3.8) is 0 Å². The van der Waals surface area contributed by atoms with Gasteiger partial charge in [-0.2, -0.15) is 0 Å². The summed E-state index contributed by atoms with van der Waals surface area (Å²) in [6.45, 7) is 3.89. The van der Waals surface area contributed by atoms with Gasteiger partial charge in [-0.1, -0.05) is 41.9 Å². The number of likely N-dealkylation sites (N-methyl/N-ethyl adjacent to an activating group) is 1. The largest absolute Gasteiger partial charge is 0.492 e. The number of ether oxygens (including phenoxy) is 3. The van der Waals surface area contributed by atoms with Crippen molar-refractivity contribution in [1.82, 2.24) is 10.2 Å². The van der Waals surface area contributed by atoms with Crippen LogP contribution in [0.3, 0.4) is 0 Å². The van der Waals surface area contributed by atoms with Crippen LogP contribution in [0.25, 0.3) is 0 Å². The summed E-state index contributed by atoms with van der Waals surface area (Å²) in [6, 6.07) is 15.8. The van der Waals surface area contributed by atoms with Gasteiger partial charge < -0.3 is 19.5 Å². The monoisotopic (exact) mass is 446 g/mol. The lowest BCUT2D eigenvalue weighted by Crippen LogP contribution is -2.38. The van der Waals surface area contributed by atoms with Gasteiger partial charge in [-0.25, -0.2) is 0 Å². The Balaban J connectivity index is 1.34. The van der Waals surface area contributed by atoms with E-state index in [2.05, 4.69) is 17.3 Å². The van der Waals surface area contributed by atoms with Crippen LogP contribution in [-0.2, 0) is 27.4 Å². The van der Waals surface area contributed by atoms with Crippen LogP contribution in [0.15, 0.2) is 48.5 Å². The standard InChI is InChI=1S/C24H31ClN2O4/c1-27(21-9-12-29-13-10-21)11-14-31-22-7-4-5-19(15-22)16-26-24(28)18-30-17-20-6-2-3-8-23(20)25/h2-8,15,21H,9-14,16-18H2,1H3,(H,26,28). The molecule has 0 atom stereocenters. The van der Waals surface area contributed by atoms with Gasteiger partial charge in [-0.3, -0.25) is 9.69 Å². The van der Waals surface area contributed by atoms with Crippen molar-refractivity contribution in [3.05, 3.63) is 64.7 Å². The summed E-state index contributed by atoms with van der Waals surface area (Å²) in [4.78, 5) is 14.4. The molecule has 0 radical (unpaired) electrons. The van der Waals surface area contributed by atoms with Gasteiger partial charge in [0.25, 0.3) is 0 Å². The fourth-order valence-electron chi connectivity index (χ4n) is 3.48. The van der Waals surface area contributed by atoms with Crippen molar-refractivity contribution in [2.75, 3.05) is 40.0 Å². The van der Waals surface area contributed by atoms with E-state index in [9.17, 15) is 4.79 Å². The molecule has 1 N–H and O–H groups in total. The summed E-state index contributed by atoms with van der Waals surface area (Å²) < 4.78 is 16.8. The topological polar surface area (TPSA) is 60.0 Å². The predicted octanol–water partition coefficient (Wildman–Crippen LogP) is 3.66. The molecule has 7 heteroatoms. The molecule has 0 aromatic heterocycles. The molecule has 0 spiro atoms. The van der Waals surface area contributed by atoms with E-state index >= 15 is 0 Å². The molecule has 0 saturated carbocycles. The quantitative estimate of drug-likeness (QED) is 0.570. The number of hydrogen-bond donors (Lipinski definition) is 1. The van der Waals surface area contributed by atoms with Crippen molar-refractivity contribution in [1.29, 1.82) is 0 Å². The Bertz CT molecular complexity index is 827. The van der Waals surface area contributed by atoms with Crippen LogP contribution in [0.4, 0.5) is 0 Å². The van der Waals surface area contributed by atoms with Crippen molar-refractivity contribution >= 4 is 17.5 Å². The van der Waals surface area contributed by atoms with E-state index in [1.54, 1.807) is 6.07 Å². The van der Waals surface area contributed by atoms with E-state index < -0.39 is 0 Å². The second kappa shape index (κ2) is 12.7. The normalized spacial score (nSPS) is 14.5. The maximum absolute atomic E-state index is 12.1. The number of amides is 1. The average Bonchev–Trinajstić information content (AvgIpc) is 2.80. The number of carbonyl (C=O) groups excluding carboxylic acids is 1. The summed E-state index contributed by atoms with van der Waals surface area (Å²) in [5, 5.41) is 3.51. The number of benzene rings is 2. The molecule has 31 heavy (non-hydrogen) atoms. The molecule has 0 aliphatic carbocycles. The molecule has 1 fully saturated rings. The first-order valence-electron chi connectivity index (χ1n) is 10.7. The average molecular weight is 447 g/mol. The van der Waals surface area contributed by atoms with Crippen molar-refractivity contribution in [3.8, 4) is 5.75 Å². The molecule has 1 heterocycles. The van der Waals surface area contributed by atoms with Crippen LogP contribution in [0.5, 0.6) is 5.75 Å². The van der Waals surface area contributed by atoms with Crippen LogP contribution >= 0.6 is 11.6 Å². The second-order valence-electron chi connectivity index (χ2n) is 7.68. The van der Waals surface area contributed by atoms with Crippen molar-refractivity contribution in [2.24, 2.45) is 0 Å². The van der Waals surface area contributed by atoms with Crippen LogP contribution in [0.2, 0.25) is 5.02 Å². The number of carbonyl (C=O) groups is 1. The van der Waals surface area contributed by atoms with Crippen LogP contribution in [0.1, 0.15) is 24.0 Å². The highest BCUT2D eigenvalue weighted by atomic mass is 35.5. The minimum Gasteiger partial charge on any atom is -0.492 e. The van der Waals surface area contributed by atoms with Gasteiger partial charge in [0.2, 0.25) is 5.91 Å². The molecule has 1 saturated heterocycles. The maximum Gasteiger partial charge on any atom is 0.246 e. The van der Waals surface area contributed by atoms with E-state index in [4.69, 9.17) is 25.8 Å². The summed E-state index contributed by atoms with van der Waals surface area (Å²) in [5.41, 5.74) is 1.85. The third-order valence-electron chi connectivity index (χ3n) is 5.36. The van der Waals surface area contributed by atoms with E-state index in [-0.39, 0.29) is 12.5 Å². The zero-order valence-corrected chi connectivity index (χ0v) is 18.8. The highest BCUT2D eigenvalue weighted by Crippen LogP contribution is 2.16. The zero-order chi connectivity index (χ0) is 21.9. The smallest absolute Gasteiger partial charge is 0.246 e. The fraction of sp³-hybridized carbons (Fsp3) is 0.458. The molecule has 1 amide bonds. The lowest BCUT2D eigenvalue weighted by Gasteiger charge is -2.31. The van der Waals surface area contributed by atoms with E-state index in [0.29, 0.717) is 30.8 Å². The summed E-state index contributed by atoms with van der Waals surface area (Å²) in [6.07, 6.45) is 2.15. The van der Waals surface area contributed by atoms with Crippen LogP contribution in [0, 0.1) is 0 Å². The van der Waals surface area contributed by atoms with Gasteiger partial charge in [0.1, 0.15) is 19.0 Å². The minimum absolute atomic E-state index is 0.0139. The molecular weight excluding hydrogens is 416 g/mol. The molecule has 3 rings (SSSR count). The van der Waals surface area contributed by atoms with Gasteiger partial charge in [0.05, 0.1) is 6.61 Å². The fourth-order valence-corrected chi connectivity index (χ4v) is 3.67. The number of hydrogen-bond acceptors (Lipinski definition) is 5. The molecule has 2 aromatic rings. The number of nitrogens with zero attached hydrogens (tertiary/aromatic N) is 1. The SMILES string of the molecule is CN(CCOc1cccc(CNC(=O)COCc2ccccc2Cl)c1)C1CCOCC1. The van der Waals surface area contributed by atoms with Gasteiger partial charge in [0, 0.05) is 37.4 Å². The Morgan fingerprint density at radius 1 is 1.19 bits per heavy atom. The Labute approximate surface area is 189 Å². The van der Waals surface area contributed by atoms with Crippen molar-refractivity contribution in [2.45, 2.75) is 32.0 Å².